The van der Waals surface area contributed by atoms with Gasteiger partial charge in [-0.1, -0.05) is 24.6 Å². The highest BCUT2D eigenvalue weighted by Gasteiger charge is 2.41. The Hall–Kier alpha value is -6.31. The van der Waals surface area contributed by atoms with Gasteiger partial charge < -0.3 is 30.1 Å². The number of amides is 3. The van der Waals surface area contributed by atoms with Crippen molar-refractivity contribution in [1.29, 1.82) is 0 Å². The fourth-order valence-electron chi connectivity index (χ4n) is 9.32. The second kappa shape index (κ2) is 17.7. The number of rotatable bonds is 12. The summed E-state index contributed by atoms with van der Waals surface area (Å²) in [6.45, 7) is 7.77. The molecule has 20 heteroatoms. The van der Waals surface area contributed by atoms with Gasteiger partial charge in [0.25, 0.3) is 5.91 Å². The molecule has 0 aliphatic carbocycles. The number of ether oxygens (including phenoxy) is 1. The standard InChI is InChI=1S/C44H49ClN12O6S/c1-4-26-22-33(50-44-48-24-30(45)41(52-44)49-32-9-8-31-39(47-15-14-46-31)40(32)53-64(3,61)62)37(63-2)23-36(26)55-16-12-27(13-17-55)54-18-20-56(21-19-54)34-7-5-6-28-29(34)25-57(43(28)60)35-10-11-38(58)51-42(35)59/h5-9,14-15,22-24,27,35,53H,4,10-13,16-21,25H2,1-3H3,(H,51,58,59)(H2,48,49,50,52). The number of fused-ring (bicyclic) bond motifs is 2. The van der Waals surface area contributed by atoms with Gasteiger partial charge in [-0.2, -0.15) is 4.98 Å². The maximum absolute atomic E-state index is 13.4. The molecule has 334 valence electrons. The van der Waals surface area contributed by atoms with Crippen molar-refractivity contribution in [3.05, 3.63) is 82.8 Å². The monoisotopic (exact) mass is 908 g/mol. The summed E-state index contributed by atoms with van der Waals surface area (Å²) in [5.74, 6) is 0.276. The molecule has 18 nitrogen and oxygen atoms in total. The Morgan fingerprint density at radius 3 is 2.39 bits per heavy atom. The summed E-state index contributed by atoms with van der Waals surface area (Å²) in [7, 11) is -2.05. The molecule has 9 rings (SSSR count). The van der Waals surface area contributed by atoms with Crippen LogP contribution in [0.1, 0.15) is 54.1 Å². The predicted octanol–water partition coefficient (Wildman–Crippen LogP) is 5.05. The number of sulfonamides is 1. The summed E-state index contributed by atoms with van der Waals surface area (Å²) in [5, 5.41) is 9.07. The smallest absolute Gasteiger partial charge is 0.255 e. The molecule has 0 spiro atoms. The topological polar surface area (TPSA) is 207 Å². The molecule has 3 amide bonds. The second-order valence-corrected chi connectivity index (χ2v) is 18.6. The van der Waals surface area contributed by atoms with E-state index in [0.29, 0.717) is 52.7 Å². The molecule has 0 saturated carbocycles. The highest BCUT2D eigenvalue weighted by molar-refractivity contribution is 7.92. The summed E-state index contributed by atoms with van der Waals surface area (Å²) >= 11 is 6.57. The van der Waals surface area contributed by atoms with Gasteiger partial charge >= 0.3 is 0 Å². The molecule has 0 bridgehead atoms. The molecule has 4 aliphatic heterocycles. The lowest BCUT2D eigenvalue weighted by atomic mass is 9.99. The first-order valence-electron chi connectivity index (χ1n) is 21.4. The van der Waals surface area contributed by atoms with E-state index in [1.807, 2.05) is 12.1 Å². The van der Waals surface area contributed by atoms with Crippen molar-refractivity contribution in [1.82, 2.24) is 35.1 Å². The number of methoxy groups -OCH3 is 1. The summed E-state index contributed by atoms with van der Waals surface area (Å²) in [5.41, 5.74) is 7.04. The van der Waals surface area contributed by atoms with Gasteiger partial charge in [0.05, 0.1) is 42.1 Å². The number of nitrogens with one attached hydrogen (secondary N) is 4. The van der Waals surface area contributed by atoms with E-state index in [9.17, 15) is 22.8 Å². The van der Waals surface area contributed by atoms with Crippen molar-refractivity contribution in [2.75, 3.05) is 77.8 Å². The molecular formula is C44H49ClN12O6S. The van der Waals surface area contributed by atoms with Crippen molar-refractivity contribution in [3.63, 3.8) is 0 Å². The minimum absolute atomic E-state index is 0.152. The maximum Gasteiger partial charge on any atom is 0.255 e. The zero-order valence-electron chi connectivity index (χ0n) is 35.7. The van der Waals surface area contributed by atoms with Crippen LogP contribution in [0.3, 0.4) is 0 Å². The molecule has 6 heterocycles. The van der Waals surface area contributed by atoms with Gasteiger partial charge in [0.1, 0.15) is 22.3 Å². The predicted molar refractivity (Wildman–Crippen MR) is 245 cm³/mol. The van der Waals surface area contributed by atoms with E-state index in [0.717, 1.165) is 87.3 Å². The van der Waals surface area contributed by atoms with Crippen LogP contribution in [0.2, 0.25) is 5.02 Å². The van der Waals surface area contributed by atoms with Crippen LogP contribution >= 0.6 is 11.6 Å². The highest BCUT2D eigenvalue weighted by Crippen LogP contribution is 2.39. The Kier molecular flexibility index (Phi) is 11.9. The van der Waals surface area contributed by atoms with Gasteiger partial charge in [0.15, 0.2) is 5.82 Å². The quantitative estimate of drug-likeness (QED) is 0.121. The number of aryl methyl sites for hydroxylation is 1. The van der Waals surface area contributed by atoms with Gasteiger partial charge in [0, 0.05) is 99.2 Å². The Morgan fingerprint density at radius 2 is 1.66 bits per heavy atom. The molecule has 64 heavy (non-hydrogen) atoms. The van der Waals surface area contributed by atoms with Crippen molar-refractivity contribution >= 4 is 90.6 Å². The molecular weight excluding hydrogens is 860 g/mol. The second-order valence-electron chi connectivity index (χ2n) is 16.4. The van der Waals surface area contributed by atoms with Crippen LogP contribution in [0.25, 0.3) is 11.0 Å². The van der Waals surface area contributed by atoms with E-state index in [-0.39, 0.29) is 40.7 Å². The van der Waals surface area contributed by atoms with Crippen LogP contribution in [-0.4, -0.2) is 121 Å². The summed E-state index contributed by atoms with van der Waals surface area (Å²) in [6, 6.07) is 13.2. The summed E-state index contributed by atoms with van der Waals surface area (Å²) < 4.78 is 33.1. The molecule has 0 radical (unpaired) electrons. The number of benzene rings is 3. The average molecular weight is 909 g/mol. The first-order chi connectivity index (χ1) is 30.9. The normalized spacial score (nSPS) is 18.6. The first-order valence-corrected chi connectivity index (χ1v) is 23.6. The van der Waals surface area contributed by atoms with Gasteiger partial charge in [-0.15, -0.1) is 0 Å². The molecule has 5 aromatic rings. The number of hydrogen-bond acceptors (Lipinski definition) is 15. The zero-order valence-corrected chi connectivity index (χ0v) is 37.3. The number of nitrogens with zero attached hydrogens (tertiary/aromatic N) is 8. The number of anilines is 7. The van der Waals surface area contributed by atoms with Crippen molar-refractivity contribution in [3.8, 4) is 5.75 Å². The van der Waals surface area contributed by atoms with Crippen molar-refractivity contribution in [2.24, 2.45) is 0 Å². The van der Waals surface area contributed by atoms with E-state index in [4.69, 9.17) is 16.3 Å². The number of halogens is 1. The molecule has 2 aromatic heterocycles. The summed E-state index contributed by atoms with van der Waals surface area (Å²) in [6.07, 6.45) is 8.93. The lowest BCUT2D eigenvalue weighted by Gasteiger charge is -2.44. The van der Waals surface area contributed by atoms with Crippen LogP contribution in [0.4, 0.5) is 40.2 Å². The van der Waals surface area contributed by atoms with Crippen LogP contribution < -0.4 is 35.2 Å². The molecule has 3 saturated heterocycles. The largest absolute Gasteiger partial charge is 0.494 e. The molecule has 4 aliphatic rings. The molecule has 3 aromatic carbocycles. The number of carbonyl (C=O) groups excluding carboxylic acids is 3. The Morgan fingerprint density at radius 1 is 0.891 bits per heavy atom. The molecule has 1 atom stereocenters. The van der Waals surface area contributed by atoms with Gasteiger partial charge in [0.2, 0.25) is 27.8 Å². The van der Waals surface area contributed by atoms with Crippen molar-refractivity contribution < 1.29 is 27.5 Å². The van der Waals surface area contributed by atoms with E-state index in [1.165, 1.54) is 18.6 Å². The average Bonchev–Trinajstić information content (AvgIpc) is 3.63. The van der Waals surface area contributed by atoms with Crippen LogP contribution in [0.5, 0.6) is 5.75 Å². The first kappa shape index (κ1) is 43.0. The number of aromatic nitrogens is 4. The third-order valence-electron chi connectivity index (χ3n) is 12.5. The third-order valence-corrected chi connectivity index (χ3v) is 13.3. The van der Waals surface area contributed by atoms with Crippen LogP contribution in [0, 0.1) is 0 Å². The number of piperidine rings is 2. The maximum atomic E-state index is 13.4. The van der Waals surface area contributed by atoms with Crippen LogP contribution in [0.15, 0.2) is 61.1 Å². The van der Waals surface area contributed by atoms with E-state index in [1.54, 1.807) is 24.1 Å². The number of carbonyl (C=O) groups is 3. The Labute approximate surface area is 375 Å². The fourth-order valence-corrected chi connectivity index (χ4v) is 10.0. The number of piperazine rings is 1. The zero-order chi connectivity index (χ0) is 44.7. The van der Waals surface area contributed by atoms with E-state index >= 15 is 0 Å². The van der Waals surface area contributed by atoms with Crippen molar-refractivity contribution in [2.45, 2.75) is 57.7 Å². The lowest BCUT2D eigenvalue weighted by Crippen LogP contribution is -2.53. The van der Waals surface area contributed by atoms with E-state index in [2.05, 4.69) is 80.4 Å². The minimum atomic E-state index is -3.68. The molecule has 3 fully saturated rings. The Bertz CT molecular complexity index is 2760. The van der Waals surface area contributed by atoms with E-state index < -0.39 is 22.0 Å². The number of hydrogen-bond donors (Lipinski definition) is 4. The number of imide groups is 1. The Balaban J connectivity index is 0.842. The minimum Gasteiger partial charge on any atom is -0.494 e. The van der Waals surface area contributed by atoms with Gasteiger partial charge in [-0.05, 0) is 61.6 Å². The fraction of sp³-hybridized carbons (Fsp3) is 0.386. The van der Waals surface area contributed by atoms with Gasteiger partial charge in [-0.3, -0.25) is 39.3 Å². The van der Waals surface area contributed by atoms with Crippen LogP contribution in [-0.2, 0) is 32.6 Å². The highest BCUT2D eigenvalue weighted by atomic mass is 35.5. The van der Waals surface area contributed by atoms with Gasteiger partial charge in [-0.25, -0.2) is 13.4 Å². The molecule has 1 unspecified atom stereocenters. The lowest BCUT2D eigenvalue weighted by molar-refractivity contribution is -0.136. The summed E-state index contributed by atoms with van der Waals surface area (Å²) in [4.78, 5) is 64.6. The third kappa shape index (κ3) is 8.66. The molecule has 4 N–H and O–H groups in total. The SMILES string of the molecule is CCc1cc(Nc2ncc(Cl)c(Nc3ccc4nccnc4c3NS(C)(=O)=O)n2)c(OC)cc1N1CCC(N2CCN(c3cccc4c3CN(C3CCC(=O)NC3=O)C4=O)CC2)CC1.